The number of hydrogen-bond acceptors (Lipinski definition) is 7. The number of carbonyl (C=O) groups excluding carboxylic acids is 2. The number of fused-ring (bicyclic) bond motifs is 1. The van der Waals surface area contributed by atoms with Crippen molar-refractivity contribution in [2.75, 3.05) is 31.6 Å². The molecule has 4 rings (SSSR count). The van der Waals surface area contributed by atoms with Crippen LogP contribution in [0.25, 0.3) is 16.7 Å². The molecule has 3 aromatic heterocycles. The van der Waals surface area contributed by atoms with Crippen molar-refractivity contribution < 1.29 is 23.1 Å². The molecule has 0 saturated carbocycles. The molecular weight excluding hydrogens is 487 g/mol. The molecule has 1 amide bonds. The Labute approximate surface area is 221 Å². The molecule has 8 nitrogen and oxygen atoms in total. The van der Waals surface area contributed by atoms with E-state index < -0.39 is 17.8 Å². The van der Waals surface area contributed by atoms with Gasteiger partial charge >= 0.3 is 6.09 Å². The lowest BCUT2D eigenvalue weighted by molar-refractivity contribution is 0.101. The number of hydrogen-bond donors (Lipinski definition) is 0. The summed E-state index contributed by atoms with van der Waals surface area (Å²) < 4.78 is 24.8. The van der Waals surface area contributed by atoms with Gasteiger partial charge < -0.3 is 14.1 Å². The maximum Gasteiger partial charge on any atom is 0.414 e. The second-order valence-electron chi connectivity index (χ2n) is 9.42. The second kappa shape index (κ2) is 12.0. The molecule has 1 aliphatic rings. The molecule has 200 valence electrons. The van der Waals surface area contributed by atoms with Gasteiger partial charge in [-0.05, 0) is 50.5 Å². The summed E-state index contributed by atoms with van der Waals surface area (Å²) in [6.07, 6.45) is 9.95. The Morgan fingerprint density at radius 2 is 2.00 bits per heavy atom. The molecule has 0 aromatic carbocycles. The summed E-state index contributed by atoms with van der Waals surface area (Å²) in [5, 5.41) is 0.518. The number of aromatic nitrogens is 2. The summed E-state index contributed by atoms with van der Waals surface area (Å²) >= 11 is 0. The van der Waals surface area contributed by atoms with Crippen LogP contribution in [0.2, 0.25) is 0 Å². The molecule has 0 fully saturated rings. The molecule has 38 heavy (non-hydrogen) atoms. The Morgan fingerprint density at radius 1 is 1.18 bits per heavy atom. The van der Waals surface area contributed by atoms with Gasteiger partial charge in [0.2, 0.25) is 23.2 Å². The summed E-state index contributed by atoms with van der Waals surface area (Å²) in [5.41, 5.74) is 3.68. The number of carbonyl (C=O) groups is 2. The van der Waals surface area contributed by atoms with Crippen molar-refractivity contribution in [3.05, 3.63) is 71.3 Å². The number of ether oxygens (including phenoxy) is 1. The van der Waals surface area contributed by atoms with Gasteiger partial charge in [-0.15, -0.1) is 0 Å². The molecule has 0 saturated heterocycles. The molecule has 0 N–H and O–H groups in total. The molecule has 0 radical (unpaired) electrons. The van der Waals surface area contributed by atoms with Gasteiger partial charge in [0.25, 0.3) is 0 Å². The van der Waals surface area contributed by atoms with E-state index in [1.807, 2.05) is 13.1 Å². The van der Waals surface area contributed by atoms with Crippen molar-refractivity contribution >= 4 is 34.2 Å². The van der Waals surface area contributed by atoms with E-state index in [1.54, 1.807) is 13.1 Å². The topological polar surface area (TPSA) is 88.8 Å². The molecule has 0 spiro atoms. The first-order valence-electron chi connectivity index (χ1n) is 12.9. The Hall–Kier alpha value is -4.01. The van der Waals surface area contributed by atoms with Crippen molar-refractivity contribution in [3.8, 4) is 0 Å². The standard InChI is InChI=1S/C29H33FN4O4/c1-5-7-8-12-34(29(36)37-6-2)25-23-15-21(22-14-19(3)11-13-33(4)18-22)17-32-28(23)38-27(25)26(35)20-9-10-24(30)31-16-20/h9-10,14-18H,5-8,11-13H2,1-4H3. The fourth-order valence-electron chi connectivity index (χ4n) is 4.39. The van der Waals surface area contributed by atoms with Gasteiger partial charge in [-0.25, -0.2) is 14.8 Å². The summed E-state index contributed by atoms with van der Waals surface area (Å²) in [5.74, 6) is -1.29. The lowest BCUT2D eigenvalue weighted by Gasteiger charge is -2.22. The van der Waals surface area contributed by atoms with Crippen LogP contribution < -0.4 is 4.90 Å². The number of nitrogens with zero attached hydrogens (tertiary/aromatic N) is 4. The smallest absolute Gasteiger partial charge is 0.414 e. The largest absolute Gasteiger partial charge is 0.449 e. The van der Waals surface area contributed by atoms with Gasteiger partial charge in [-0.2, -0.15) is 4.39 Å². The van der Waals surface area contributed by atoms with Crippen LogP contribution >= 0.6 is 0 Å². The maximum absolute atomic E-state index is 13.6. The first-order chi connectivity index (χ1) is 18.3. The Bertz CT molecular complexity index is 1380. The van der Waals surface area contributed by atoms with Crippen LogP contribution in [0.1, 0.15) is 68.1 Å². The van der Waals surface area contributed by atoms with Crippen molar-refractivity contribution in [1.29, 1.82) is 0 Å². The number of amides is 1. The van der Waals surface area contributed by atoms with Crippen LogP contribution in [-0.4, -0.2) is 53.5 Å². The number of halogens is 1. The number of ketones is 1. The Balaban J connectivity index is 1.92. The number of pyridine rings is 2. The lowest BCUT2D eigenvalue weighted by atomic mass is 10.0. The van der Waals surface area contributed by atoms with E-state index in [1.165, 1.54) is 16.5 Å². The van der Waals surface area contributed by atoms with Gasteiger partial charge in [0, 0.05) is 49.9 Å². The van der Waals surface area contributed by atoms with Crippen LogP contribution in [0.15, 0.2) is 52.9 Å². The van der Waals surface area contributed by atoms with E-state index in [4.69, 9.17) is 9.15 Å². The van der Waals surface area contributed by atoms with Crippen LogP contribution in [0.3, 0.4) is 0 Å². The summed E-state index contributed by atoms with van der Waals surface area (Å²) in [4.78, 5) is 38.5. The first-order valence-corrected chi connectivity index (χ1v) is 12.9. The first kappa shape index (κ1) is 27.0. The lowest BCUT2D eigenvalue weighted by Crippen LogP contribution is -2.33. The second-order valence-corrected chi connectivity index (χ2v) is 9.42. The highest BCUT2D eigenvalue weighted by molar-refractivity contribution is 6.17. The van der Waals surface area contributed by atoms with Gasteiger partial charge in [0.05, 0.1) is 12.0 Å². The van der Waals surface area contributed by atoms with Gasteiger partial charge in [0.1, 0.15) is 5.69 Å². The number of rotatable bonds is 9. The quantitative estimate of drug-likeness (QED) is 0.184. The molecule has 9 heteroatoms. The number of furan rings is 1. The maximum atomic E-state index is 13.6. The summed E-state index contributed by atoms with van der Waals surface area (Å²) in [6, 6.07) is 4.34. The third kappa shape index (κ3) is 5.93. The molecule has 0 unspecified atom stereocenters. The third-order valence-electron chi connectivity index (χ3n) is 6.41. The van der Waals surface area contributed by atoms with E-state index >= 15 is 0 Å². The normalized spacial score (nSPS) is 13.7. The molecule has 3 aromatic rings. The minimum atomic E-state index is -0.699. The minimum absolute atomic E-state index is 0.0682. The number of unbranched alkanes of at least 4 members (excludes halogenated alkanes) is 2. The number of allylic oxidation sites excluding steroid dienone is 2. The zero-order valence-electron chi connectivity index (χ0n) is 22.3. The fourth-order valence-corrected chi connectivity index (χ4v) is 4.39. The zero-order chi connectivity index (χ0) is 27.2. The highest BCUT2D eigenvalue weighted by Crippen LogP contribution is 2.37. The van der Waals surface area contributed by atoms with Crippen LogP contribution in [0.5, 0.6) is 0 Å². The van der Waals surface area contributed by atoms with Crippen molar-refractivity contribution in [2.45, 2.75) is 46.5 Å². The van der Waals surface area contributed by atoms with E-state index in [0.717, 1.165) is 49.2 Å². The SMILES string of the molecule is CCCCCN(C(=O)OCC)c1c(C(=O)c2ccc(F)nc2)oc2ncc(C3=CN(C)CCC(C)=C3)cc12. The summed E-state index contributed by atoms with van der Waals surface area (Å²) in [7, 11) is 2.02. The highest BCUT2D eigenvalue weighted by atomic mass is 19.1. The van der Waals surface area contributed by atoms with Gasteiger partial charge in [0.15, 0.2) is 0 Å². The van der Waals surface area contributed by atoms with Crippen LogP contribution in [-0.2, 0) is 4.74 Å². The highest BCUT2D eigenvalue weighted by Gasteiger charge is 2.31. The van der Waals surface area contributed by atoms with E-state index in [0.29, 0.717) is 24.0 Å². The van der Waals surface area contributed by atoms with E-state index in [2.05, 4.69) is 41.0 Å². The average molecular weight is 521 g/mol. The van der Waals surface area contributed by atoms with Gasteiger partial charge in [-0.1, -0.05) is 31.4 Å². The predicted octanol–water partition coefficient (Wildman–Crippen LogP) is 6.37. The van der Waals surface area contributed by atoms with E-state index in [9.17, 15) is 14.0 Å². The van der Waals surface area contributed by atoms with Crippen molar-refractivity contribution in [1.82, 2.24) is 14.9 Å². The predicted molar refractivity (Wildman–Crippen MR) is 145 cm³/mol. The van der Waals surface area contributed by atoms with Crippen molar-refractivity contribution in [2.24, 2.45) is 0 Å². The molecule has 0 bridgehead atoms. The molecule has 4 heterocycles. The van der Waals surface area contributed by atoms with Crippen molar-refractivity contribution in [3.63, 3.8) is 0 Å². The zero-order valence-corrected chi connectivity index (χ0v) is 22.3. The Kier molecular flexibility index (Phi) is 8.55. The molecule has 0 aliphatic carbocycles. The minimum Gasteiger partial charge on any atom is -0.449 e. The molecular formula is C29H33FN4O4. The molecule has 1 aliphatic heterocycles. The monoisotopic (exact) mass is 520 g/mol. The average Bonchev–Trinajstić information content (AvgIpc) is 3.18. The third-order valence-corrected chi connectivity index (χ3v) is 6.41. The number of anilines is 1. The van der Waals surface area contributed by atoms with Gasteiger partial charge in [-0.3, -0.25) is 9.69 Å². The van der Waals surface area contributed by atoms with Crippen LogP contribution in [0.4, 0.5) is 14.9 Å². The van der Waals surface area contributed by atoms with E-state index in [-0.39, 0.29) is 23.6 Å². The fraction of sp³-hybridized carbons (Fsp3) is 0.379. The molecule has 0 atom stereocenters. The summed E-state index contributed by atoms with van der Waals surface area (Å²) in [6.45, 7) is 7.30. The van der Waals surface area contributed by atoms with Crippen LogP contribution in [0, 0.1) is 5.95 Å². The Morgan fingerprint density at radius 3 is 2.71 bits per heavy atom.